The van der Waals surface area contributed by atoms with E-state index in [4.69, 9.17) is 33.2 Å². The Kier molecular flexibility index (Phi) is 19.0. The smallest absolute Gasteiger partial charge is 0.364 e. The number of aliphatic hydroxyl groups excluding tert-OH is 13. The molecule has 0 aromatic heterocycles. The summed E-state index contributed by atoms with van der Waals surface area (Å²) >= 11 is 0. The van der Waals surface area contributed by atoms with Crippen LogP contribution in [0.5, 0.6) is 0 Å². The number of hydrogen-bond acceptors (Lipinski definition) is 25. The van der Waals surface area contributed by atoms with Crippen LogP contribution in [-0.4, -0.2) is 267 Å². The molecular formula is C36H59N3O27. The maximum atomic E-state index is 12.9. The zero-order chi connectivity index (χ0) is 49.7. The van der Waals surface area contributed by atoms with Gasteiger partial charge in [0.1, 0.15) is 85.4 Å². The highest BCUT2D eigenvalue weighted by Gasteiger charge is 2.61. The molecule has 0 aromatic rings. The number of rotatable bonds is 19. The first kappa shape index (κ1) is 55.1. The number of ether oxygens (including phenoxy) is 7. The molecular weight excluding hydrogens is 906 g/mol. The van der Waals surface area contributed by atoms with Crippen molar-refractivity contribution in [2.24, 2.45) is 0 Å². The molecule has 3 amide bonds. The lowest BCUT2D eigenvalue weighted by Crippen LogP contribution is -2.71. The van der Waals surface area contributed by atoms with Gasteiger partial charge in [0.2, 0.25) is 17.7 Å². The molecule has 0 spiro atoms. The minimum absolute atomic E-state index is 0.790. The van der Waals surface area contributed by atoms with Crippen LogP contribution in [-0.2, 0) is 57.1 Å². The molecule has 0 bridgehead atoms. The Morgan fingerprint density at radius 3 is 1.50 bits per heavy atom. The van der Waals surface area contributed by atoms with Gasteiger partial charge in [-0.25, -0.2) is 9.59 Å². The van der Waals surface area contributed by atoms with Gasteiger partial charge in [-0.05, 0) is 0 Å². The maximum Gasteiger partial charge on any atom is 0.364 e. The second-order valence-corrected chi connectivity index (χ2v) is 16.2. The average Bonchev–Trinajstić information content (AvgIpc) is 3.24. The van der Waals surface area contributed by atoms with Crippen molar-refractivity contribution >= 4 is 29.7 Å². The van der Waals surface area contributed by atoms with Gasteiger partial charge in [-0.1, -0.05) is 0 Å². The van der Waals surface area contributed by atoms with E-state index in [1.165, 1.54) is 0 Å². The van der Waals surface area contributed by atoms with Crippen LogP contribution in [0.3, 0.4) is 0 Å². The van der Waals surface area contributed by atoms with Crippen LogP contribution < -0.4 is 16.0 Å². The largest absolute Gasteiger partial charge is 0.477 e. The van der Waals surface area contributed by atoms with Gasteiger partial charge in [0.15, 0.2) is 12.6 Å². The fourth-order valence-electron chi connectivity index (χ4n) is 8.04. The molecule has 4 aliphatic rings. The number of carbonyl (C=O) groups is 5. The summed E-state index contributed by atoms with van der Waals surface area (Å²) in [5, 5.41) is 166. The molecule has 4 saturated heterocycles. The summed E-state index contributed by atoms with van der Waals surface area (Å²) in [6.07, 6.45) is -38.0. The normalized spacial score (nSPS) is 41.4. The standard InChI is InChI=1S/C36H59N3O27/c1-10(43)37-19-13(46)4-35(33(56)57,64-28(19)22(50)15(48)6-40)60-9-18-25(53)27(21(31(55)61-18)39-12(3)45)63-32-26(54)30(24(52)17(8-42)62-32)66-36(34(58)59)5-14(47)20(38-11(2)44)29(65-36)23(51)16(49)7-41/h13-32,40-42,46-55H,4-9H2,1-3H3,(H,37,43)(H,38,44)(H,39,45)(H,56,57)(H,58,59)/t13-,14-,15+,16+,17+,18+,19+,20+,21+,22+,23+,24-,25+,26+,27+,28+,29+,30-,31-,32-,35+,36-/m0/s1. The number of nitrogens with one attached hydrogen (secondary N) is 3. The van der Waals surface area contributed by atoms with E-state index < -0.39 is 203 Å². The van der Waals surface area contributed by atoms with Gasteiger partial charge in [0.05, 0.1) is 50.7 Å². The summed E-state index contributed by atoms with van der Waals surface area (Å²) < 4.78 is 39.1. The molecule has 4 aliphatic heterocycles. The first-order valence-electron chi connectivity index (χ1n) is 20.3. The van der Waals surface area contributed by atoms with E-state index in [-0.39, 0.29) is 0 Å². The summed E-state index contributed by atoms with van der Waals surface area (Å²) in [4.78, 5) is 61.8. The maximum absolute atomic E-state index is 12.9. The Balaban J connectivity index is 1.66. The molecule has 30 heteroatoms. The van der Waals surface area contributed by atoms with E-state index in [0.29, 0.717) is 0 Å². The van der Waals surface area contributed by atoms with Crippen LogP contribution in [0.4, 0.5) is 0 Å². The van der Waals surface area contributed by atoms with Crippen molar-refractivity contribution in [2.75, 3.05) is 26.4 Å². The highest BCUT2D eigenvalue weighted by molar-refractivity contribution is 5.77. The lowest BCUT2D eigenvalue weighted by Gasteiger charge is -2.51. The topological polar surface area (TPSA) is 490 Å². The molecule has 22 atom stereocenters. The third-order valence-corrected chi connectivity index (χ3v) is 11.4. The van der Waals surface area contributed by atoms with E-state index >= 15 is 0 Å². The van der Waals surface area contributed by atoms with Crippen LogP contribution >= 0.6 is 0 Å². The summed E-state index contributed by atoms with van der Waals surface area (Å²) in [7, 11) is 0. The van der Waals surface area contributed by atoms with Gasteiger partial charge in [0, 0.05) is 33.6 Å². The number of carboxylic acid groups (broad SMARTS) is 2. The first-order chi connectivity index (χ1) is 30.8. The minimum Gasteiger partial charge on any atom is -0.477 e. The molecule has 4 fully saturated rings. The zero-order valence-electron chi connectivity index (χ0n) is 35.4. The number of carboxylic acids is 2. The summed E-state index contributed by atoms with van der Waals surface area (Å²) in [5.74, 6) is -12.7. The van der Waals surface area contributed by atoms with Gasteiger partial charge >= 0.3 is 11.9 Å². The predicted octanol–water partition coefficient (Wildman–Crippen LogP) is -10.9. The minimum atomic E-state index is -3.19. The number of aliphatic hydroxyl groups is 13. The Morgan fingerprint density at radius 1 is 0.621 bits per heavy atom. The summed E-state index contributed by atoms with van der Waals surface area (Å²) in [5.41, 5.74) is 0. The molecule has 380 valence electrons. The monoisotopic (exact) mass is 965 g/mol. The molecule has 66 heavy (non-hydrogen) atoms. The van der Waals surface area contributed by atoms with Crippen LogP contribution in [0.2, 0.25) is 0 Å². The van der Waals surface area contributed by atoms with Gasteiger partial charge in [-0.3, -0.25) is 14.4 Å². The molecule has 18 N–H and O–H groups in total. The zero-order valence-corrected chi connectivity index (χ0v) is 35.4. The number of amides is 3. The Labute approximate surface area is 373 Å². The SMILES string of the molecule is CC(=O)N[C@@H]1[C@@H](O[C@@H]2O[C@H](CO)[C@H](O)[C@H](O[C@]3(C(=O)O)C[C@H](O)[C@@H](NC(C)=O)[C@H]([C@H](O)[C@H](O)CO)O3)[C@H]2O)[C@H](O)[C@@H](CO[C@]2(C(=O)O)C[C@H](O)[C@@H](NC(C)=O)[C@H]([C@H](O)[C@H](O)CO)O2)O[C@@H]1O. The fraction of sp³-hybridized carbons (Fsp3) is 0.861. The third kappa shape index (κ3) is 12.0. The van der Waals surface area contributed by atoms with Gasteiger partial charge in [-0.15, -0.1) is 0 Å². The average molecular weight is 966 g/mol. The molecule has 0 aliphatic carbocycles. The lowest BCUT2D eigenvalue weighted by molar-refractivity contribution is -0.382. The van der Waals surface area contributed by atoms with Crippen molar-refractivity contribution in [2.45, 2.75) is 167 Å². The van der Waals surface area contributed by atoms with Gasteiger partial charge in [-0.2, -0.15) is 0 Å². The van der Waals surface area contributed by atoms with Crippen molar-refractivity contribution < 1.29 is 134 Å². The van der Waals surface area contributed by atoms with E-state index in [0.717, 1.165) is 20.8 Å². The quantitative estimate of drug-likeness (QED) is 0.0571. The van der Waals surface area contributed by atoms with E-state index in [1.54, 1.807) is 0 Å². The van der Waals surface area contributed by atoms with Crippen molar-refractivity contribution in [1.29, 1.82) is 0 Å². The molecule has 0 saturated carbocycles. The molecule has 30 nitrogen and oxygen atoms in total. The number of carbonyl (C=O) groups excluding carboxylic acids is 3. The molecule has 0 aromatic carbocycles. The van der Waals surface area contributed by atoms with E-state index in [1.807, 2.05) is 0 Å². The van der Waals surface area contributed by atoms with Gasteiger partial charge in [0.25, 0.3) is 11.6 Å². The van der Waals surface area contributed by atoms with Crippen LogP contribution in [0, 0.1) is 0 Å². The highest BCUT2D eigenvalue weighted by Crippen LogP contribution is 2.39. The predicted molar refractivity (Wildman–Crippen MR) is 203 cm³/mol. The van der Waals surface area contributed by atoms with E-state index in [2.05, 4.69) is 16.0 Å². The third-order valence-electron chi connectivity index (χ3n) is 11.4. The van der Waals surface area contributed by atoms with Crippen LogP contribution in [0.25, 0.3) is 0 Å². The number of hydrogen-bond donors (Lipinski definition) is 18. The summed E-state index contributed by atoms with van der Waals surface area (Å²) in [6, 6.07) is -5.07. The van der Waals surface area contributed by atoms with Crippen molar-refractivity contribution in [3.8, 4) is 0 Å². The van der Waals surface area contributed by atoms with Gasteiger partial charge < -0.3 is 126 Å². The van der Waals surface area contributed by atoms with Crippen molar-refractivity contribution in [1.82, 2.24) is 16.0 Å². The Hall–Kier alpha value is -3.45. The molecule has 4 rings (SSSR count). The second kappa shape index (κ2) is 22.8. The Morgan fingerprint density at radius 2 is 1.06 bits per heavy atom. The lowest BCUT2D eigenvalue weighted by atomic mass is 9.88. The second-order valence-electron chi connectivity index (χ2n) is 16.2. The number of aliphatic carboxylic acids is 2. The van der Waals surface area contributed by atoms with Crippen LogP contribution in [0.1, 0.15) is 33.6 Å². The summed E-state index contributed by atoms with van der Waals surface area (Å²) in [6.45, 7) is -1.53. The van der Waals surface area contributed by atoms with Crippen molar-refractivity contribution in [3.63, 3.8) is 0 Å². The highest BCUT2D eigenvalue weighted by atomic mass is 16.8. The fourth-order valence-corrected chi connectivity index (χ4v) is 8.04. The first-order valence-corrected chi connectivity index (χ1v) is 20.3. The van der Waals surface area contributed by atoms with Crippen LogP contribution in [0.15, 0.2) is 0 Å². The molecule has 4 heterocycles. The molecule has 0 unspecified atom stereocenters. The van der Waals surface area contributed by atoms with Crippen molar-refractivity contribution in [3.05, 3.63) is 0 Å². The van der Waals surface area contributed by atoms with E-state index in [9.17, 15) is 101 Å². The Bertz CT molecular complexity index is 1680. The molecule has 0 radical (unpaired) electrons.